The minimum atomic E-state index is -0.725. The molecule has 1 aliphatic heterocycles. The van der Waals surface area contributed by atoms with Crippen molar-refractivity contribution in [1.82, 2.24) is 5.32 Å². The summed E-state index contributed by atoms with van der Waals surface area (Å²) < 4.78 is 23.1. The van der Waals surface area contributed by atoms with Crippen LogP contribution in [0.25, 0.3) is 0 Å². The van der Waals surface area contributed by atoms with Crippen molar-refractivity contribution in [3.8, 4) is 11.8 Å². The first-order valence-corrected chi connectivity index (χ1v) is 12.9. The van der Waals surface area contributed by atoms with Crippen LogP contribution in [-0.4, -0.2) is 42.8 Å². The van der Waals surface area contributed by atoms with Gasteiger partial charge in [-0.1, -0.05) is 45.1 Å². The van der Waals surface area contributed by atoms with Crippen molar-refractivity contribution in [2.45, 2.75) is 110 Å². The molecule has 7 heteroatoms. The molecule has 0 aliphatic carbocycles. The topological polar surface area (TPSA) is 89.8 Å². The zero-order valence-electron chi connectivity index (χ0n) is 22.5. The molecule has 0 aromatic heterocycles. The highest BCUT2D eigenvalue weighted by Crippen LogP contribution is 2.29. The van der Waals surface area contributed by atoms with E-state index in [0.717, 1.165) is 18.4 Å². The van der Waals surface area contributed by atoms with E-state index >= 15 is 0 Å². The molecule has 196 valence electrons. The average molecular weight is 489 g/mol. The maximum absolute atomic E-state index is 12.5. The fourth-order valence-corrected chi connectivity index (χ4v) is 3.90. The smallest absolute Gasteiger partial charge is 0.408 e. The second-order valence-corrected chi connectivity index (χ2v) is 10.9. The summed E-state index contributed by atoms with van der Waals surface area (Å²) in [5.41, 5.74) is 0.189. The first kappa shape index (κ1) is 28.9. The number of alkyl carbamates (subject to hydrolysis) is 1. The Balaban J connectivity index is 1.98. The number of carbonyl (C=O) groups is 1. The van der Waals surface area contributed by atoms with Crippen LogP contribution in [0.3, 0.4) is 0 Å². The molecule has 0 spiro atoms. The molecule has 1 aromatic rings. The van der Waals surface area contributed by atoms with Gasteiger partial charge in [0.25, 0.3) is 0 Å². The molecule has 0 unspecified atom stereocenters. The highest BCUT2D eigenvalue weighted by molar-refractivity contribution is 5.69. The summed E-state index contributed by atoms with van der Waals surface area (Å²) in [7, 11) is 0. The number of carbonyl (C=O) groups excluding carboxylic acids is 1. The molecular formula is C28H44N2O5. The predicted octanol–water partition coefficient (Wildman–Crippen LogP) is 6.28. The van der Waals surface area contributed by atoms with Crippen LogP contribution in [0.5, 0.6) is 5.75 Å². The molecule has 0 atom stereocenters. The van der Waals surface area contributed by atoms with Crippen LogP contribution in [0.4, 0.5) is 4.79 Å². The highest BCUT2D eigenvalue weighted by Gasteiger charge is 2.42. The Morgan fingerprint density at radius 2 is 1.77 bits per heavy atom. The molecule has 1 aliphatic rings. The van der Waals surface area contributed by atoms with Crippen molar-refractivity contribution in [2.24, 2.45) is 0 Å². The van der Waals surface area contributed by atoms with Gasteiger partial charge in [0, 0.05) is 0 Å². The standard InChI is InChI=1S/C28H44N2O5/c1-7-8-9-10-11-12-17-32-24-14-13-22(18-23(24)19-29)15-16-28(20-33-27(5,6)34-21-28)30-25(31)35-26(2,3)4/h13-14,18H,7-12,15-17,20-21H2,1-6H3,(H,30,31). The molecule has 1 aromatic carbocycles. The van der Waals surface area contributed by atoms with Crippen molar-refractivity contribution < 1.29 is 23.7 Å². The van der Waals surface area contributed by atoms with Gasteiger partial charge in [0.2, 0.25) is 0 Å². The summed E-state index contributed by atoms with van der Waals surface area (Å²) in [6.07, 6.45) is 7.87. The van der Waals surface area contributed by atoms with E-state index in [9.17, 15) is 10.1 Å². The number of amides is 1. The fourth-order valence-electron chi connectivity index (χ4n) is 3.90. The molecule has 0 bridgehead atoms. The second kappa shape index (κ2) is 13.1. The van der Waals surface area contributed by atoms with Crippen LogP contribution in [-0.2, 0) is 20.6 Å². The highest BCUT2D eigenvalue weighted by atomic mass is 16.7. The molecule has 2 rings (SSSR count). The maximum Gasteiger partial charge on any atom is 0.408 e. The SMILES string of the molecule is CCCCCCCCOc1ccc(CCC2(NC(=O)OC(C)(C)C)COC(C)(C)OC2)cc1C#N. The fraction of sp³-hybridized carbons (Fsp3) is 0.714. The summed E-state index contributed by atoms with van der Waals surface area (Å²) in [5, 5.41) is 12.6. The normalized spacial score (nSPS) is 16.8. The lowest BCUT2D eigenvalue weighted by Gasteiger charge is -2.44. The molecule has 0 saturated carbocycles. The summed E-state index contributed by atoms with van der Waals surface area (Å²) in [5.74, 6) is -0.0836. The number of nitrogens with one attached hydrogen (secondary N) is 1. The number of nitriles is 1. The molecule has 1 N–H and O–H groups in total. The van der Waals surface area contributed by atoms with Gasteiger partial charge >= 0.3 is 6.09 Å². The van der Waals surface area contributed by atoms with Crippen molar-refractivity contribution in [3.05, 3.63) is 29.3 Å². The van der Waals surface area contributed by atoms with Crippen molar-refractivity contribution in [3.63, 3.8) is 0 Å². The number of benzene rings is 1. The number of aryl methyl sites for hydroxylation is 1. The predicted molar refractivity (Wildman–Crippen MR) is 136 cm³/mol. The zero-order chi connectivity index (χ0) is 26.0. The third-order valence-electron chi connectivity index (χ3n) is 5.97. The lowest BCUT2D eigenvalue weighted by Crippen LogP contribution is -2.61. The van der Waals surface area contributed by atoms with Gasteiger partial charge in [-0.25, -0.2) is 4.79 Å². The summed E-state index contributed by atoms with van der Waals surface area (Å²) >= 11 is 0. The van der Waals surface area contributed by atoms with Gasteiger partial charge in [0.15, 0.2) is 5.79 Å². The number of nitrogens with zero attached hydrogens (tertiary/aromatic N) is 1. The summed E-state index contributed by atoms with van der Waals surface area (Å²) in [6.45, 7) is 12.6. The molecule has 1 amide bonds. The number of ether oxygens (including phenoxy) is 4. The van der Waals surface area contributed by atoms with Gasteiger partial charge < -0.3 is 24.3 Å². The van der Waals surface area contributed by atoms with E-state index in [1.165, 1.54) is 25.7 Å². The van der Waals surface area contributed by atoms with Crippen LogP contribution < -0.4 is 10.1 Å². The Hall–Kier alpha value is -2.30. The van der Waals surface area contributed by atoms with Crippen LogP contribution in [0.2, 0.25) is 0 Å². The first-order chi connectivity index (χ1) is 16.5. The van der Waals surface area contributed by atoms with Gasteiger partial charge in [-0.3, -0.25) is 0 Å². The molecule has 1 saturated heterocycles. The number of unbranched alkanes of at least 4 members (excludes halogenated alkanes) is 5. The minimum Gasteiger partial charge on any atom is -0.492 e. The van der Waals surface area contributed by atoms with E-state index < -0.39 is 23.0 Å². The zero-order valence-corrected chi connectivity index (χ0v) is 22.5. The Morgan fingerprint density at radius 1 is 1.11 bits per heavy atom. The monoisotopic (exact) mass is 488 g/mol. The molecule has 35 heavy (non-hydrogen) atoms. The maximum atomic E-state index is 12.5. The molecule has 1 heterocycles. The van der Waals surface area contributed by atoms with E-state index in [1.54, 1.807) is 0 Å². The van der Waals surface area contributed by atoms with Crippen LogP contribution in [0, 0.1) is 11.3 Å². The number of hydrogen-bond acceptors (Lipinski definition) is 6. The Labute approximate surface area is 211 Å². The number of hydrogen-bond donors (Lipinski definition) is 1. The molecule has 1 fully saturated rings. The van der Waals surface area contributed by atoms with Gasteiger partial charge in [-0.05, 0) is 71.6 Å². The van der Waals surface area contributed by atoms with Gasteiger partial charge in [-0.2, -0.15) is 5.26 Å². The Morgan fingerprint density at radius 3 is 2.40 bits per heavy atom. The number of rotatable bonds is 12. The third-order valence-corrected chi connectivity index (χ3v) is 5.97. The largest absolute Gasteiger partial charge is 0.492 e. The lowest BCUT2D eigenvalue weighted by atomic mass is 9.91. The van der Waals surface area contributed by atoms with Crippen molar-refractivity contribution in [1.29, 1.82) is 5.26 Å². The minimum absolute atomic E-state index is 0.309. The van der Waals surface area contributed by atoms with Gasteiger partial charge in [0.1, 0.15) is 17.4 Å². The lowest BCUT2D eigenvalue weighted by molar-refractivity contribution is -0.271. The Kier molecular flexibility index (Phi) is 10.9. The Bertz CT molecular complexity index is 844. The van der Waals surface area contributed by atoms with Crippen molar-refractivity contribution in [2.75, 3.05) is 19.8 Å². The molecule has 7 nitrogen and oxygen atoms in total. The van der Waals surface area contributed by atoms with E-state index in [0.29, 0.717) is 44.0 Å². The quantitative estimate of drug-likeness (QED) is 0.348. The summed E-state index contributed by atoms with van der Waals surface area (Å²) in [4.78, 5) is 12.5. The third kappa shape index (κ3) is 10.5. The van der Waals surface area contributed by atoms with Crippen LogP contribution in [0.15, 0.2) is 18.2 Å². The van der Waals surface area contributed by atoms with E-state index in [4.69, 9.17) is 18.9 Å². The first-order valence-electron chi connectivity index (χ1n) is 12.9. The van der Waals surface area contributed by atoms with Crippen LogP contribution >= 0.6 is 0 Å². The van der Waals surface area contributed by atoms with Gasteiger partial charge in [-0.15, -0.1) is 0 Å². The van der Waals surface area contributed by atoms with Crippen LogP contribution in [0.1, 0.15) is 97.6 Å². The van der Waals surface area contributed by atoms with Crippen molar-refractivity contribution >= 4 is 6.09 Å². The average Bonchev–Trinajstić information content (AvgIpc) is 2.78. The van der Waals surface area contributed by atoms with E-state index in [2.05, 4.69) is 18.3 Å². The van der Waals surface area contributed by atoms with Gasteiger partial charge in [0.05, 0.1) is 30.9 Å². The summed E-state index contributed by atoms with van der Waals surface area (Å²) in [6, 6.07) is 7.97. The molecular weight excluding hydrogens is 444 g/mol. The second-order valence-electron chi connectivity index (χ2n) is 10.9. The van der Waals surface area contributed by atoms with E-state index in [-0.39, 0.29) is 0 Å². The molecule has 0 radical (unpaired) electrons. The van der Waals surface area contributed by atoms with E-state index in [1.807, 2.05) is 52.8 Å².